The Kier molecular flexibility index (Phi) is 5.26. The van der Waals surface area contributed by atoms with E-state index in [4.69, 9.17) is 9.47 Å². The lowest BCUT2D eigenvalue weighted by molar-refractivity contribution is 0.0600. The van der Waals surface area contributed by atoms with E-state index in [1.165, 1.54) is 23.9 Å². The molecule has 2 aliphatic heterocycles. The molecule has 0 bridgehead atoms. The van der Waals surface area contributed by atoms with E-state index in [-0.39, 0.29) is 17.4 Å². The van der Waals surface area contributed by atoms with Crippen LogP contribution in [0.5, 0.6) is 0 Å². The maximum absolute atomic E-state index is 12.1. The third-order valence-electron chi connectivity index (χ3n) is 6.17. The second kappa shape index (κ2) is 7.71. The van der Waals surface area contributed by atoms with Gasteiger partial charge in [-0.25, -0.2) is 4.79 Å². The van der Waals surface area contributed by atoms with Crippen LogP contribution in [0.4, 0.5) is 11.4 Å². The largest absolute Gasteiger partial charge is 0.465 e. The van der Waals surface area contributed by atoms with Crippen LogP contribution in [0.1, 0.15) is 53.4 Å². The summed E-state index contributed by atoms with van der Waals surface area (Å²) in [4.78, 5) is 14.5. The first-order chi connectivity index (χ1) is 13.9. The lowest BCUT2D eigenvalue weighted by atomic mass is 9.73. The molecular weight excluding hydrogens is 364 g/mol. The number of methoxy groups -OCH3 is 1. The molecule has 29 heavy (non-hydrogen) atoms. The summed E-state index contributed by atoms with van der Waals surface area (Å²) < 4.78 is 10.4. The highest BCUT2D eigenvalue weighted by molar-refractivity contribution is 5.91. The number of morpholine rings is 1. The summed E-state index contributed by atoms with van der Waals surface area (Å²) in [6.07, 6.45) is 0.955. The highest BCUT2D eigenvalue weighted by Crippen LogP contribution is 2.46. The summed E-state index contributed by atoms with van der Waals surface area (Å²) in [7, 11) is 1.43. The van der Waals surface area contributed by atoms with Gasteiger partial charge in [-0.15, -0.1) is 0 Å². The van der Waals surface area contributed by atoms with Gasteiger partial charge in [0.1, 0.15) is 0 Å². The number of nitrogens with zero attached hydrogens (tertiary/aromatic N) is 1. The quantitative estimate of drug-likeness (QED) is 0.780. The monoisotopic (exact) mass is 394 g/mol. The summed E-state index contributed by atoms with van der Waals surface area (Å²) >= 11 is 0. The summed E-state index contributed by atoms with van der Waals surface area (Å²) in [5, 5.41) is 3.76. The molecule has 5 heteroatoms. The summed E-state index contributed by atoms with van der Waals surface area (Å²) in [6.45, 7) is 10.0. The van der Waals surface area contributed by atoms with Crippen molar-refractivity contribution in [2.24, 2.45) is 0 Å². The van der Waals surface area contributed by atoms with Gasteiger partial charge in [-0.1, -0.05) is 26.0 Å². The number of hydrogen-bond donors (Lipinski definition) is 1. The number of carbonyl (C=O) groups is 1. The Morgan fingerprint density at radius 2 is 1.97 bits per heavy atom. The molecule has 1 fully saturated rings. The van der Waals surface area contributed by atoms with Crippen molar-refractivity contribution in [2.45, 2.75) is 38.6 Å². The van der Waals surface area contributed by atoms with E-state index in [0.29, 0.717) is 5.56 Å². The van der Waals surface area contributed by atoms with Crippen LogP contribution >= 0.6 is 0 Å². The molecule has 2 aliphatic rings. The molecule has 2 heterocycles. The molecule has 0 aromatic heterocycles. The average Bonchev–Trinajstić information content (AvgIpc) is 2.74. The molecule has 5 nitrogen and oxygen atoms in total. The number of aryl methyl sites for hydroxylation is 1. The second-order valence-corrected chi connectivity index (χ2v) is 8.69. The smallest absolute Gasteiger partial charge is 0.337 e. The van der Waals surface area contributed by atoms with E-state index in [2.05, 4.69) is 55.3 Å². The fourth-order valence-electron chi connectivity index (χ4n) is 4.55. The number of rotatable bonds is 3. The highest BCUT2D eigenvalue weighted by atomic mass is 16.5. The van der Waals surface area contributed by atoms with Crippen molar-refractivity contribution in [3.63, 3.8) is 0 Å². The Hall–Kier alpha value is -2.53. The molecule has 0 saturated carbocycles. The van der Waals surface area contributed by atoms with Crippen LogP contribution in [0.15, 0.2) is 36.4 Å². The molecule has 0 radical (unpaired) electrons. The molecule has 2 aromatic rings. The van der Waals surface area contributed by atoms with Gasteiger partial charge in [0.2, 0.25) is 0 Å². The minimum atomic E-state index is -0.285. The van der Waals surface area contributed by atoms with E-state index in [0.717, 1.165) is 44.0 Å². The predicted octanol–water partition coefficient (Wildman–Crippen LogP) is 4.45. The topological polar surface area (TPSA) is 50.8 Å². The first-order valence-electron chi connectivity index (χ1n) is 10.3. The standard InChI is InChI=1S/C24H30N2O3/c1-16-12-18(23(27)28-4)14-20-22(16)25-21(15-24(20,2)3)17-6-5-7-19(13-17)26-8-10-29-11-9-26/h5-7,12-14,21,25H,8-11,15H2,1-4H3. The lowest BCUT2D eigenvalue weighted by Gasteiger charge is -2.40. The van der Waals surface area contributed by atoms with Gasteiger partial charge in [-0.2, -0.15) is 0 Å². The number of ether oxygens (including phenoxy) is 2. The van der Waals surface area contributed by atoms with Crippen molar-refractivity contribution >= 4 is 17.3 Å². The number of esters is 1. The summed E-state index contributed by atoms with van der Waals surface area (Å²) in [5.74, 6) is -0.285. The van der Waals surface area contributed by atoms with Gasteiger partial charge in [0.15, 0.2) is 0 Å². The molecule has 1 atom stereocenters. The zero-order valence-corrected chi connectivity index (χ0v) is 17.7. The highest BCUT2D eigenvalue weighted by Gasteiger charge is 2.35. The minimum Gasteiger partial charge on any atom is -0.465 e. The second-order valence-electron chi connectivity index (χ2n) is 8.69. The molecule has 1 N–H and O–H groups in total. The molecule has 154 valence electrons. The number of hydrogen-bond acceptors (Lipinski definition) is 5. The SMILES string of the molecule is COC(=O)c1cc(C)c2c(c1)C(C)(C)CC(c1cccc(N3CCOCC3)c1)N2. The maximum Gasteiger partial charge on any atom is 0.337 e. The van der Waals surface area contributed by atoms with Crippen molar-refractivity contribution in [2.75, 3.05) is 43.6 Å². The van der Waals surface area contributed by atoms with Crippen LogP contribution in [0.25, 0.3) is 0 Å². The normalized spacial score (nSPS) is 20.6. The van der Waals surface area contributed by atoms with Crippen LogP contribution < -0.4 is 10.2 Å². The molecule has 1 unspecified atom stereocenters. The van der Waals surface area contributed by atoms with Crippen LogP contribution in [0.3, 0.4) is 0 Å². The van der Waals surface area contributed by atoms with E-state index >= 15 is 0 Å². The van der Waals surface area contributed by atoms with E-state index in [1.807, 2.05) is 12.1 Å². The van der Waals surface area contributed by atoms with E-state index < -0.39 is 0 Å². The number of carbonyl (C=O) groups excluding carboxylic acids is 1. The molecule has 0 amide bonds. The van der Waals surface area contributed by atoms with Gasteiger partial charge in [-0.05, 0) is 59.7 Å². The third-order valence-corrected chi connectivity index (χ3v) is 6.17. The van der Waals surface area contributed by atoms with Gasteiger partial charge >= 0.3 is 5.97 Å². The average molecular weight is 395 g/mol. The number of benzene rings is 2. The summed E-state index contributed by atoms with van der Waals surface area (Å²) in [6, 6.07) is 13.0. The van der Waals surface area contributed by atoms with Crippen molar-refractivity contribution < 1.29 is 14.3 Å². The number of anilines is 2. The van der Waals surface area contributed by atoms with Crippen LogP contribution in [-0.4, -0.2) is 39.4 Å². The van der Waals surface area contributed by atoms with Crippen molar-refractivity contribution in [3.05, 3.63) is 58.7 Å². The first-order valence-corrected chi connectivity index (χ1v) is 10.3. The Morgan fingerprint density at radius 1 is 1.21 bits per heavy atom. The van der Waals surface area contributed by atoms with Crippen molar-refractivity contribution in [1.29, 1.82) is 0 Å². The Balaban J connectivity index is 1.67. The molecule has 4 rings (SSSR count). The lowest BCUT2D eigenvalue weighted by Crippen LogP contribution is -2.36. The van der Waals surface area contributed by atoms with E-state index in [1.54, 1.807) is 0 Å². The third kappa shape index (κ3) is 3.84. The predicted molar refractivity (Wildman–Crippen MR) is 116 cm³/mol. The Morgan fingerprint density at radius 3 is 2.69 bits per heavy atom. The fourth-order valence-corrected chi connectivity index (χ4v) is 4.55. The zero-order valence-electron chi connectivity index (χ0n) is 17.7. The maximum atomic E-state index is 12.1. The number of fused-ring (bicyclic) bond motifs is 1. The van der Waals surface area contributed by atoms with Gasteiger partial charge in [-0.3, -0.25) is 0 Å². The van der Waals surface area contributed by atoms with Crippen LogP contribution in [0.2, 0.25) is 0 Å². The summed E-state index contributed by atoms with van der Waals surface area (Å²) in [5.41, 5.74) is 6.50. The van der Waals surface area contributed by atoms with Gasteiger partial charge in [0.25, 0.3) is 0 Å². The molecule has 2 aromatic carbocycles. The molecule has 0 spiro atoms. The molecule has 1 saturated heterocycles. The van der Waals surface area contributed by atoms with Crippen LogP contribution in [-0.2, 0) is 14.9 Å². The number of nitrogens with one attached hydrogen (secondary N) is 1. The molecule has 0 aliphatic carbocycles. The van der Waals surface area contributed by atoms with Gasteiger partial charge in [0, 0.05) is 24.5 Å². The van der Waals surface area contributed by atoms with Crippen molar-refractivity contribution in [1.82, 2.24) is 0 Å². The van der Waals surface area contributed by atoms with E-state index in [9.17, 15) is 4.79 Å². The van der Waals surface area contributed by atoms with Crippen LogP contribution in [0, 0.1) is 6.92 Å². The van der Waals surface area contributed by atoms with Gasteiger partial charge in [0.05, 0.1) is 31.9 Å². The molecular formula is C24H30N2O3. The first kappa shape index (κ1) is 19.8. The fraction of sp³-hybridized carbons (Fsp3) is 0.458. The van der Waals surface area contributed by atoms with Gasteiger partial charge < -0.3 is 19.7 Å². The van der Waals surface area contributed by atoms with Crippen molar-refractivity contribution in [3.8, 4) is 0 Å². The Bertz CT molecular complexity index is 916. The minimum absolute atomic E-state index is 0.0605. The Labute approximate surface area is 173 Å². The zero-order chi connectivity index (χ0) is 20.6.